The van der Waals surface area contributed by atoms with Crippen LogP contribution in [0.25, 0.3) is 0 Å². The molecule has 0 bridgehead atoms. The quantitative estimate of drug-likeness (QED) is 0.447. The first-order valence-corrected chi connectivity index (χ1v) is 4.57. The Morgan fingerprint density at radius 1 is 1.31 bits per heavy atom. The van der Waals surface area contributed by atoms with Crippen LogP contribution in [0.2, 0.25) is 0 Å². The highest BCUT2D eigenvalue weighted by atomic mass is 32.2. The molecular weight excluding hydrogens is 194 g/mol. The average molecular weight is 204 g/mol. The Balaban J connectivity index is 2.59. The van der Waals surface area contributed by atoms with Gasteiger partial charge in [0.05, 0.1) is 0 Å². The summed E-state index contributed by atoms with van der Waals surface area (Å²) in [7, 11) is 0. The molecule has 0 aromatic heterocycles. The number of thioether (sulfide) groups is 1. The molecule has 0 atom stereocenters. The molecule has 0 aliphatic rings. The second-order valence-electron chi connectivity index (χ2n) is 2.40. The summed E-state index contributed by atoms with van der Waals surface area (Å²) in [6, 6.07) is 6.85. The van der Waals surface area contributed by atoms with Gasteiger partial charge in [-0.25, -0.2) is 0 Å². The Bertz CT molecular complexity index is 251. The first-order chi connectivity index (χ1) is 6.22. The molecule has 1 aromatic rings. The molecule has 2 nitrogen and oxygen atoms in total. The normalized spacial score (nSPS) is 10.8. The molecule has 0 heterocycles. The fourth-order valence-electron chi connectivity index (χ4n) is 0.907. The molecule has 1 aromatic carbocycles. The zero-order chi connectivity index (χ0) is 9.68. The van der Waals surface area contributed by atoms with Gasteiger partial charge in [-0.2, -0.15) is 8.78 Å². The van der Waals surface area contributed by atoms with E-state index < -0.39 is 5.76 Å². The van der Waals surface area contributed by atoms with E-state index in [1.807, 2.05) is 0 Å². The molecule has 0 radical (unpaired) electrons. The average Bonchev–Trinajstić information content (AvgIpc) is 2.08. The second kappa shape index (κ2) is 5.16. The maximum absolute atomic E-state index is 11.9. The van der Waals surface area contributed by atoms with Crippen LogP contribution < -0.4 is 11.3 Å². The first kappa shape index (κ1) is 10.4. The van der Waals surface area contributed by atoms with Crippen LogP contribution in [-0.2, 0) is 6.54 Å². The molecule has 0 spiro atoms. The van der Waals surface area contributed by atoms with E-state index in [4.69, 9.17) is 5.84 Å². The molecular formula is C8H10F2N2S. The second-order valence-corrected chi connectivity index (χ2v) is 3.47. The van der Waals surface area contributed by atoms with E-state index in [0.717, 1.165) is 5.56 Å². The Kier molecular flexibility index (Phi) is 4.14. The summed E-state index contributed by atoms with van der Waals surface area (Å²) in [4.78, 5) is 0.566. The minimum absolute atomic E-state index is 0.540. The zero-order valence-corrected chi connectivity index (χ0v) is 7.65. The molecule has 0 unspecified atom stereocenters. The molecule has 0 amide bonds. The van der Waals surface area contributed by atoms with Gasteiger partial charge in [0, 0.05) is 11.4 Å². The summed E-state index contributed by atoms with van der Waals surface area (Å²) in [5.74, 6) is 2.74. The monoisotopic (exact) mass is 204 g/mol. The number of benzene rings is 1. The van der Waals surface area contributed by atoms with E-state index >= 15 is 0 Å². The van der Waals surface area contributed by atoms with E-state index in [9.17, 15) is 8.78 Å². The lowest BCUT2D eigenvalue weighted by Gasteiger charge is -2.02. The van der Waals surface area contributed by atoms with Crippen LogP contribution in [0.4, 0.5) is 8.78 Å². The predicted molar refractivity (Wildman–Crippen MR) is 49.3 cm³/mol. The number of nitrogens with two attached hydrogens (primary N) is 1. The van der Waals surface area contributed by atoms with Crippen LogP contribution in [0.1, 0.15) is 5.56 Å². The van der Waals surface area contributed by atoms with Crippen molar-refractivity contribution >= 4 is 11.8 Å². The van der Waals surface area contributed by atoms with Crippen molar-refractivity contribution in [3.05, 3.63) is 29.8 Å². The van der Waals surface area contributed by atoms with Crippen LogP contribution >= 0.6 is 11.8 Å². The minimum atomic E-state index is -2.36. The van der Waals surface area contributed by atoms with Crippen LogP contribution in [0, 0.1) is 0 Å². The summed E-state index contributed by atoms with van der Waals surface area (Å²) >= 11 is 0.540. The third-order valence-electron chi connectivity index (χ3n) is 1.45. The van der Waals surface area contributed by atoms with E-state index in [0.29, 0.717) is 23.2 Å². The summed E-state index contributed by atoms with van der Waals surface area (Å²) < 4.78 is 23.8. The summed E-state index contributed by atoms with van der Waals surface area (Å²) in [6.07, 6.45) is 0. The van der Waals surface area contributed by atoms with Crippen molar-refractivity contribution in [2.75, 3.05) is 0 Å². The van der Waals surface area contributed by atoms with Gasteiger partial charge >= 0.3 is 0 Å². The Hall–Kier alpha value is -0.650. The Morgan fingerprint density at radius 2 is 1.92 bits per heavy atom. The van der Waals surface area contributed by atoms with Crippen molar-refractivity contribution in [3.8, 4) is 0 Å². The van der Waals surface area contributed by atoms with Crippen molar-refractivity contribution in [1.29, 1.82) is 0 Å². The van der Waals surface area contributed by atoms with E-state index in [1.165, 1.54) is 0 Å². The number of nitrogens with one attached hydrogen (secondary N) is 1. The fourth-order valence-corrected chi connectivity index (χ4v) is 1.41. The van der Waals surface area contributed by atoms with E-state index in [2.05, 4.69) is 5.43 Å². The van der Waals surface area contributed by atoms with Gasteiger partial charge in [0.2, 0.25) is 0 Å². The SMILES string of the molecule is NNCc1ccc(SC(F)F)cc1. The van der Waals surface area contributed by atoms with E-state index in [1.54, 1.807) is 24.3 Å². The van der Waals surface area contributed by atoms with Gasteiger partial charge in [0.15, 0.2) is 0 Å². The van der Waals surface area contributed by atoms with Crippen molar-refractivity contribution < 1.29 is 8.78 Å². The summed E-state index contributed by atoms with van der Waals surface area (Å²) in [6.45, 7) is 0.541. The maximum Gasteiger partial charge on any atom is 0.288 e. The zero-order valence-electron chi connectivity index (χ0n) is 6.84. The standard InChI is InChI=1S/C8H10F2N2S/c9-8(10)13-7-3-1-6(2-4-7)5-12-11/h1-4,8,12H,5,11H2. The third kappa shape index (κ3) is 3.71. The number of rotatable bonds is 4. The lowest BCUT2D eigenvalue weighted by Crippen LogP contribution is -2.20. The predicted octanol–water partition coefficient (Wildman–Crippen LogP) is 1.96. The third-order valence-corrected chi connectivity index (χ3v) is 2.18. The minimum Gasteiger partial charge on any atom is -0.271 e. The van der Waals surface area contributed by atoms with Crippen molar-refractivity contribution in [2.24, 2.45) is 5.84 Å². The van der Waals surface area contributed by atoms with Gasteiger partial charge in [0.1, 0.15) is 0 Å². The Labute approximate surface area is 79.5 Å². The van der Waals surface area contributed by atoms with Crippen LogP contribution in [0.3, 0.4) is 0 Å². The first-order valence-electron chi connectivity index (χ1n) is 3.69. The largest absolute Gasteiger partial charge is 0.288 e. The van der Waals surface area contributed by atoms with Crippen LogP contribution in [0.15, 0.2) is 29.2 Å². The lowest BCUT2D eigenvalue weighted by atomic mass is 10.2. The molecule has 5 heteroatoms. The molecule has 0 saturated heterocycles. The molecule has 72 valence electrons. The number of hydrazine groups is 1. The van der Waals surface area contributed by atoms with Crippen LogP contribution in [0.5, 0.6) is 0 Å². The fraction of sp³-hybridized carbons (Fsp3) is 0.250. The van der Waals surface area contributed by atoms with Gasteiger partial charge in [-0.1, -0.05) is 23.9 Å². The number of alkyl halides is 2. The number of hydrogen-bond acceptors (Lipinski definition) is 3. The van der Waals surface area contributed by atoms with Gasteiger partial charge < -0.3 is 0 Å². The lowest BCUT2D eigenvalue weighted by molar-refractivity contribution is 0.252. The van der Waals surface area contributed by atoms with Crippen LogP contribution in [-0.4, -0.2) is 5.76 Å². The van der Waals surface area contributed by atoms with Crippen molar-refractivity contribution in [1.82, 2.24) is 5.43 Å². The van der Waals surface area contributed by atoms with Gasteiger partial charge in [-0.05, 0) is 17.7 Å². The topological polar surface area (TPSA) is 38.0 Å². The molecule has 0 fully saturated rings. The number of hydrogen-bond donors (Lipinski definition) is 2. The highest BCUT2D eigenvalue weighted by Gasteiger charge is 2.04. The van der Waals surface area contributed by atoms with E-state index in [-0.39, 0.29) is 0 Å². The van der Waals surface area contributed by atoms with Gasteiger partial charge in [0.25, 0.3) is 5.76 Å². The Morgan fingerprint density at radius 3 is 2.38 bits per heavy atom. The molecule has 0 aliphatic carbocycles. The number of halogens is 2. The summed E-state index contributed by atoms with van der Waals surface area (Å²) in [5.41, 5.74) is 3.46. The van der Waals surface area contributed by atoms with Crippen molar-refractivity contribution in [2.45, 2.75) is 17.2 Å². The summed E-state index contributed by atoms with van der Waals surface area (Å²) in [5, 5.41) is 0. The van der Waals surface area contributed by atoms with Gasteiger partial charge in [-0.3, -0.25) is 11.3 Å². The van der Waals surface area contributed by atoms with Crippen molar-refractivity contribution in [3.63, 3.8) is 0 Å². The van der Waals surface area contributed by atoms with Gasteiger partial charge in [-0.15, -0.1) is 0 Å². The highest BCUT2D eigenvalue weighted by molar-refractivity contribution is 7.99. The maximum atomic E-state index is 11.9. The molecule has 1 rings (SSSR count). The highest BCUT2D eigenvalue weighted by Crippen LogP contribution is 2.24. The smallest absolute Gasteiger partial charge is 0.271 e. The molecule has 0 aliphatic heterocycles. The molecule has 13 heavy (non-hydrogen) atoms. The molecule has 3 N–H and O–H groups in total. The molecule has 0 saturated carbocycles.